The van der Waals surface area contributed by atoms with Crippen LogP contribution >= 0.6 is 23.1 Å². The molecule has 0 radical (unpaired) electrons. The number of hydrogen-bond acceptors (Lipinski definition) is 9. The van der Waals surface area contributed by atoms with Crippen LogP contribution in [0.4, 0.5) is 5.00 Å². The number of hydrogen-bond donors (Lipinski definition) is 1. The highest BCUT2D eigenvalue weighted by atomic mass is 32.2. The molecule has 190 valence electrons. The molecule has 1 fully saturated rings. The number of aromatic nitrogens is 3. The van der Waals surface area contributed by atoms with Gasteiger partial charge in [0.05, 0.1) is 29.4 Å². The maximum atomic E-state index is 12.9. The maximum absolute atomic E-state index is 12.9. The third-order valence-corrected chi connectivity index (χ3v) is 9.84. The molecular formula is C23H26N6O4S3. The first-order valence-corrected chi connectivity index (χ1v) is 14.5. The van der Waals surface area contributed by atoms with Gasteiger partial charge >= 0.3 is 0 Å². The molecular weight excluding hydrogens is 520 g/mol. The highest BCUT2D eigenvalue weighted by Crippen LogP contribution is 2.32. The third kappa shape index (κ3) is 5.33. The molecule has 1 aromatic carbocycles. The minimum absolute atomic E-state index is 0.107. The van der Waals surface area contributed by atoms with Gasteiger partial charge in [0.1, 0.15) is 11.1 Å². The first-order chi connectivity index (χ1) is 17.3. The maximum Gasteiger partial charge on any atom is 0.243 e. The molecule has 0 spiro atoms. The van der Waals surface area contributed by atoms with Gasteiger partial charge in [-0.3, -0.25) is 4.79 Å². The van der Waals surface area contributed by atoms with Gasteiger partial charge in [-0.1, -0.05) is 11.8 Å². The quantitative estimate of drug-likeness (QED) is 0.426. The van der Waals surface area contributed by atoms with Gasteiger partial charge in [0, 0.05) is 30.1 Å². The highest BCUT2D eigenvalue weighted by Gasteiger charge is 2.26. The number of aryl methyl sites for hydroxylation is 1. The van der Waals surface area contributed by atoms with Gasteiger partial charge in [-0.15, -0.1) is 21.5 Å². The summed E-state index contributed by atoms with van der Waals surface area (Å²) in [4.78, 5) is 13.8. The van der Waals surface area contributed by atoms with Crippen LogP contribution in [0.1, 0.15) is 22.9 Å². The fourth-order valence-corrected chi connectivity index (χ4v) is 6.99. The standard InChI is InChI=1S/C23H26N6O4S3/c1-4-29-21(17-5-7-18(8-6-17)36(31,32)28-9-11-33-12-10-28)26-27-23(29)34-14-20(30)25-22-19(13-24)15(2)16(3)35-22/h5-8H,4,9-12,14H2,1-3H3,(H,25,30). The van der Waals surface area contributed by atoms with Gasteiger partial charge in [-0.2, -0.15) is 9.57 Å². The van der Waals surface area contributed by atoms with Crippen molar-refractivity contribution in [2.24, 2.45) is 0 Å². The summed E-state index contributed by atoms with van der Waals surface area (Å²) in [6.45, 7) is 7.76. The van der Waals surface area contributed by atoms with Crippen LogP contribution in [0.5, 0.6) is 0 Å². The van der Waals surface area contributed by atoms with Gasteiger partial charge in [0.15, 0.2) is 11.0 Å². The second kappa shape index (κ2) is 11.1. The number of thioether (sulfide) groups is 1. The van der Waals surface area contributed by atoms with Crippen molar-refractivity contribution >= 4 is 44.0 Å². The number of thiophene rings is 1. The Kier molecular flexibility index (Phi) is 8.11. The average molecular weight is 547 g/mol. The van der Waals surface area contributed by atoms with Gasteiger partial charge in [0.25, 0.3) is 0 Å². The smallest absolute Gasteiger partial charge is 0.243 e. The van der Waals surface area contributed by atoms with Crippen LogP contribution in [-0.2, 0) is 26.1 Å². The minimum atomic E-state index is -3.58. The van der Waals surface area contributed by atoms with E-state index < -0.39 is 10.0 Å². The van der Waals surface area contributed by atoms with Crippen molar-refractivity contribution in [1.82, 2.24) is 19.1 Å². The van der Waals surface area contributed by atoms with Crippen LogP contribution in [0.15, 0.2) is 34.3 Å². The number of anilines is 1. The van der Waals surface area contributed by atoms with E-state index in [-0.39, 0.29) is 16.6 Å². The largest absolute Gasteiger partial charge is 0.379 e. The third-order valence-electron chi connectivity index (χ3n) is 5.84. The van der Waals surface area contributed by atoms with Crippen LogP contribution in [0, 0.1) is 25.2 Å². The number of carbonyl (C=O) groups excluding carboxylic acids is 1. The fraction of sp³-hybridized carbons (Fsp3) is 0.391. The van der Waals surface area contributed by atoms with E-state index in [2.05, 4.69) is 21.6 Å². The van der Waals surface area contributed by atoms with Crippen molar-refractivity contribution < 1.29 is 17.9 Å². The number of sulfonamides is 1. The lowest BCUT2D eigenvalue weighted by molar-refractivity contribution is -0.113. The van der Waals surface area contributed by atoms with Crippen molar-refractivity contribution in [3.05, 3.63) is 40.3 Å². The molecule has 3 aromatic rings. The van der Waals surface area contributed by atoms with Gasteiger partial charge in [0.2, 0.25) is 15.9 Å². The molecule has 0 atom stereocenters. The topological polar surface area (TPSA) is 130 Å². The molecule has 0 saturated carbocycles. The molecule has 0 bridgehead atoms. The Morgan fingerprint density at radius 2 is 1.92 bits per heavy atom. The second-order valence-corrected chi connectivity index (χ2v) is 12.1. The molecule has 1 amide bonds. The molecule has 3 heterocycles. The summed E-state index contributed by atoms with van der Waals surface area (Å²) >= 11 is 2.64. The number of nitriles is 1. The van der Waals surface area contributed by atoms with Crippen LogP contribution in [0.3, 0.4) is 0 Å². The van der Waals surface area contributed by atoms with Crippen molar-refractivity contribution in [2.75, 3.05) is 37.4 Å². The molecule has 1 saturated heterocycles. The van der Waals surface area contributed by atoms with Gasteiger partial charge < -0.3 is 14.6 Å². The van der Waals surface area contributed by atoms with E-state index in [0.29, 0.717) is 54.4 Å². The molecule has 0 aliphatic carbocycles. The predicted octanol–water partition coefficient (Wildman–Crippen LogP) is 3.27. The fourth-order valence-electron chi connectivity index (χ4n) is 3.75. The van der Waals surface area contributed by atoms with E-state index in [1.807, 2.05) is 25.3 Å². The van der Waals surface area contributed by atoms with Gasteiger partial charge in [-0.05, 0) is 50.6 Å². The van der Waals surface area contributed by atoms with E-state index in [1.165, 1.54) is 27.4 Å². The first kappa shape index (κ1) is 26.3. The van der Waals surface area contributed by atoms with Crippen molar-refractivity contribution in [3.8, 4) is 17.5 Å². The molecule has 1 N–H and O–H groups in total. The normalized spacial score (nSPS) is 14.5. The Balaban J connectivity index is 1.46. The lowest BCUT2D eigenvalue weighted by Crippen LogP contribution is -2.40. The summed E-state index contributed by atoms with van der Waals surface area (Å²) in [7, 11) is -3.58. The van der Waals surface area contributed by atoms with E-state index in [9.17, 15) is 18.5 Å². The molecule has 1 aliphatic heterocycles. The highest BCUT2D eigenvalue weighted by molar-refractivity contribution is 7.99. The zero-order valence-corrected chi connectivity index (χ0v) is 22.6. The summed E-state index contributed by atoms with van der Waals surface area (Å²) in [5, 5.41) is 21.9. The molecule has 0 unspecified atom stereocenters. The lowest BCUT2D eigenvalue weighted by atomic mass is 10.2. The Labute approximate surface area is 218 Å². The number of morpholine rings is 1. The van der Waals surface area contributed by atoms with Crippen LogP contribution in [0.25, 0.3) is 11.4 Å². The molecule has 4 rings (SSSR count). The second-order valence-electron chi connectivity index (χ2n) is 8.03. The Morgan fingerprint density at radius 1 is 1.22 bits per heavy atom. The van der Waals surface area contributed by atoms with Crippen LogP contribution in [0.2, 0.25) is 0 Å². The number of benzene rings is 1. The van der Waals surface area contributed by atoms with E-state index >= 15 is 0 Å². The first-order valence-electron chi connectivity index (χ1n) is 11.3. The zero-order valence-electron chi connectivity index (χ0n) is 20.1. The van der Waals surface area contributed by atoms with Gasteiger partial charge in [-0.25, -0.2) is 8.42 Å². The predicted molar refractivity (Wildman–Crippen MR) is 139 cm³/mol. The number of nitrogens with one attached hydrogen (secondary N) is 1. The van der Waals surface area contributed by atoms with Crippen molar-refractivity contribution in [3.63, 3.8) is 0 Å². The van der Waals surface area contributed by atoms with E-state index in [1.54, 1.807) is 24.3 Å². The van der Waals surface area contributed by atoms with Crippen molar-refractivity contribution in [1.29, 1.82) is 5.26 Å². The summed E-state index contributed by atoms with van der Waals surface area (Å²) < 4.78 is 34.3. The van der Waals surface area contributed by atoms with Crippen LogP contribution < -0.4 is 5.32 Å². The molecule has 1 aliphatic rings. The Bertz CT molecular complexity index is 1400. The molecule has 36 heavy (non-hydrogen) atoms. The summed E-state index contributed by atoms with van der Waals surface area (Å²) in [5.74, 6) is 0.463. The molecule has 2 aromatic heterocycles. The average Bonchev–Trinajstić information content (AvgIpc) is 3.42. The number of amides is 1. The number of ether oxygens (including phenoxy) is 1. The Morgan fingerprint density at radius 3 is 2.56 bits per heavy atom. The zero-order chi connectivity index (χ0) is 25.9. The molecule has 10 nitrogen and oxygen atoms in total. The minimum Gasteiger partial charge on any atom is -0.379 e. The van der Waals surface area contributed by atoms with Crippen molar-refractivity contribution in [2.45, 2.75) is 37.4 Å². The lowest BCUT2D eigenvalue weighted by Gasteiger charge is -2.26. The summed E-state index contributed by atoms with van der Waals surface area (Å²) in [5.41, 5.74) is 2.10. The Hall–Kier alpha value is -2.76. The monoisotopic (exact) mass is 546 g/mol. The summed E-state index contributed by atoms with van der Waals surface area (Å²) in [6.07, 6.45) is 0. The molecule has 13 heteroatoms. The van der Waals surface area contributed by atoms with Crippen LogP contribution in [-0.4, -0.2) is 65.5 Å². The SMILES string of the molecule is CCn1c(SCC(=O)Nc2sc(C)c(C)c2C#N)nnc1-c1ccc(S(=O)(=O)N2CCOCC2)cc1. The van der Waals surface area contributed by atoms with E-state index in [4.69, 9.17) is 4.74 Å². The van der Waals surface area contributed by atoms with E-state index in [0.717, 1.165) is 16.0 Å². The number of carbonyl (C=O) groups is 1. The summed E-state index contributed by atoms with van der Waals surface area (Å²) in [6, 6.07) is 8.74. The number of rotatable bonds is 8. The number of nitrogens with zero attached hydrogens (tertiary/aromatic N) is 5.